The molecule has 112 valence electrons. The minimum absolute atomic E-state index is 0.0955. The summed E-state index contributed by atoms with van der Waals surface area (Å²) < 4.78 is 0.626. The summed E-state index contributed by atoms with van der Waals surface area (Å²) in [5.41, 5.74) is 3.27. The first-order chi connectivity index (χ1) is 9.90. The van der Waals surface area contributed by atoms with Crippen LogP contribution in [0.15, 0.2) is 30.3 Å². The van der Waals surface area contributed by atoms with E-state index in [1.807, 2.05) is 0 Å². The number of carbonyl (C=O) groups is 1. The molecule has 2 rings (SSSR count). The second-order valence-electron chi connectivity index (χ2n) is 5.68. The molecule has 0 aliphatic carbocycles. The zero-order valence-electron chi connectivity index (χ0n) is 12.7. The molecule has 0 bridgehead atoms. The van der Waals surface area contributed by atoms with Crippen LogP contribution in [0, 0.1) is 0 Å². The van der Waals surface area contributed by atoms with E-state index in [9.17, 15) is 4.79 Å². The highest BCUT2D eigenvalue weighted by molar-refractivity contribution is 7.18. The normalized spacial score (nSPS) is 11.2. The maximum Gasteiger partial charge on any atom is 0.265 e. The smallest absolute Gasteiger partial charge is 0.265 e. The van der Waals surface area contributed by atoms with Crippen molar-refractivity contribution in [1.29, 1.82) is 0 Å². The van der Waals surface area contributed by atoms with E-state index in [-0.39, 0.29) is 5.91 Å². The summed E-state index contributed by atoms with van der Waals surface area (Å²) >= 11 is 7.21. The lowest BCUT2D eigenvalue weighted by molar-refractivity contribution is 0.103. The fourth-order valence-electron chi connectivity index (χ4n) is 2.31. The number of rotatable bonds is 4. The molecule has 4 heteroatoms. The van der Waals surface area contributed by atoms with Gasteiger partial charge in [-0.25, -0.2) is 0 Å². The van der Waals surface area contributed by atoms with Gasteiger partial charge in [-0.1, -0.05) is 57.5 Å². The Balaban J connectivity index is 2.39. The first kappa shape index (κ1) is 16.1. The highest BCUT2D eigenvalue weighted by Crippen LogP contribution is 2.33. The molecule has 0 saturated heterocycles. The highest BCUT2D eigenvalue weighted by Gasteiger charge is 2.17. The first-order valence-corrected chi connectivity index (χ1v) is 8.29. The molecule has 0 aliphatic heterocycles. The Morgan fingerprint density at radius 3 is 2.05 bits per heavy atom. The average molecular weight is 322 g/mol. The number of para-hydroxylation sites is 1. The number of halogens is 1. The number of thiophene rings is 1. The molecule has 0 saturated carbocycles. The SMILES string of the molecule is CC(C)c1cccc(C(C)C)c1NC(=O)c1ccc(Cl)s1. The maximum absolute atomic E-state index is 12.4. The van der Waals surface area contributed by atoms with Crippen LogP contribution in [0.5, 0.6) is 0 Å². The van der Waals surface area contributed by atoms with Crippen molar-refractivity contribution in [2.24, 2.45) is 0 Å². The Hall–Kier alpha value is -1.32. The Morgan fingerprint density at radius 1 is 1.05 bits per heavy atom. The van der Waals surface area contributed by atoms with E-state index in [0.717, 1.165) is 16.8 Å². The van der Waals surface area contributed by atoms with E-state index in [2.05, 4.69) is 51.2 Å². The van der Waals surface area contributed by atoms with Gasteiger partial charge in [0.25, 0.3) is 5.91 Å². The fourth-order valence-corrected chi connectivity index (χ4v) is 3.25. The lowest BCUT2D eigenvalue weighted by Crippen LogP contribution is -2.14. The molecular formula is C17H20ClNOS. The Morgan fingerprint density at radius 2 is 1.62 bits per heavy atom. The summed E-state index contributed by atoms with van der Waals surface area (Å²) in [6.45, 7) is 8.54. The molecule has 0 unspecified atom stereocenters. The molecule has 21 heavy (non-hydrogen) atoms. The van der Waals surface area contributed by atoms with Gasteiger partial charge in [-0.3, -0.25) is 4.79 Å². The zero-order valence-corrected chi connectivity index (χ0v) is 14.3. The number of hydrogen-bond donors (Lipinski definition) is 1. The molecular weight excluding hydrogens is 302 g/mol. The van der Waals surface area contributed by atoms with Crippen LogP contribution in [-0.4, -0.2) is 5.91 Å². The van der Waals surface area contributed by atoms with E-state index in [0.29, 0.717) is 21.0 Å². The summed E-state index contributed by atoms with van der Waals surface area (Å²) in [6, 6.07) is 9.72. The van der Waals surface area contributed by atoms with Crippen molar-refractivity contribution in [3.05, 3.63) is 50.7 Å². The van der Waals surface area contributed by atoms with Gasteiger partial charge in [-0.2, -0.15) is 0 Å². The first-order valence-electron chi connectivity index (χ1n) is 7.09. The number of hydrogen-bond acceptors (Lipinski definition) is 2. The van der Waals surface area contributed by atoms with Gasteiger partial charge in [0.05, 0.1) is 9.21 Å². The molecule has 0 radical (unpaired) electrons. The summed E-state index contributed by atoms with van der Waals surface area (Å²) in [6.07, 6.45) is 0. The highest BCUT2D eigenvalue weighted by atomic mass is 35.5. The summed E-state index contributed by atoms with van der Waals surface area (Å²) in [4.78, 5) is 13.1. The number of anilines is 1. The Bertz CT molecular complexity index is 620. The zero-order chi connectivity index (χ0) is 15.6. The van der Waals surface area contributed by atoms with E-state index >= 15 is 0 Å². The summed E-state index contributed by atoms with van der Waals surface area (Å²) in [5, 5.41) is 3.08. The van der Waals surface area contributed by atoms with Crippen molar-refractivity contribution < 1.29 is 4.79 Å². The number of nitrogens with one attached hydrogen (secondary N) is 1. The van der Waals surface area contributed by atoms with Crippen LogP contribution in [0.2, 0.25) is 4.34 Å². The third-order valence-corrected chi connectivity index (χ3v) is 4.64. The van der Waals surface area contributed by atoms with Crippen molar-refractivity contribution in [3.8, 4) is 0 Å². The fraction of sp³-hybridized carbons (Fsp3) is 0.353. The lowest BCUT2D eigenvalue weighted by Gasteiger charge is -2.19. The van der Waals surface area contributed by atoms with Gasteiger partial charge >= 0.3 is 0 Å². The number of benzene rings is 1. The molecule has 0 aliphatic rings. The van der Waals surface area contributed by atoms with Crippen LogP contribution in [0.3, 0.4) is 0 Å². The largest absolute Gasteiger partial charge is 0.321 e. The van der Waals surface area contributed by atoms with Gasteiger partial charge in [0.15, 0.2) is 0 Å². The van der Waals surface area contributed by atoms with Gasteiger partial charge in [-0.05, 0) is 35.1 Å². The second-order valence-corrected chi connectivity index (χ2v) is 7.39. The topological polar surface area (TPSA) is 29.1 Å². The molecule has 0 atom stereocenters. The predicted molar refractivity (Wildman–Crippen MR) is 91.9 cm³/mol. The van der Waals surface area contributed by atoms with Gasteiger partial charge < -0.3 is 5.32 Å². The lowest BCUT2D eigenvalue weighted by atomic mass is 9.92. The molecule has 0 spiro atoms. The Kier molecular flexibility index (Phi) is 5.07. The third kappa shape index (κ3) is 3.66. The Labute approximate surface area is 135 Å². The molecule has 1 amide bonds. The molecule has 1 aromatic carbocycles. The summed E-state index contributed by atoms with van der Waals surface area (Å²) in [5.74, 6) is 0.610. The minimum Gasteiger partial charge on any atom is -0.321 e. The van der Waals surface area contributed by atoms with Crippen LogP contribution < -0.4 is 5.32 Å². The van der Waals surface area contributed by atoms with Crippen molar-refractivity contribution >= 4 is 34.5 Å². The van der Waals surface area contributed by atoms with Crippen LogP contribution in [0.25, 0.3) is 0 Å². The van der Waals surface area contributed by atoms with E-state index in [1.54, 1.807) is 12.1 Å². The van der Waals surface area contributed by atoms with Gasteiger partial charge in [0.2, 0.25) is 0 Å². The standard InChI is InChI=1S/C17H20ClNOS/c1-10(2)12-6-5-7-13(11(3)4)16(12)19-17(20)14-8-9-15(18)21-14/h5-11H,1-4H3,(H,19,20). The number of amides is 1. The average Bonchev–Trinajstić information content (AvgIpc) is 2.85. The van der Waals surface area contributed by atoms with Crippen LogP contribution >= 0.6 is 22.9 Å². The number of carbonyl (C=O) groups excluding carboxylic acids is 1. The minimum atomic E-state index is -0.0955. The quantitative estimate of drug-likeness (QED) is 0.746. The van der Waals surface area contributed by atoms with Gasteiger partial charge in [0.1, 0.15) is 0 Å². The third-order valence-electron chi connectivity index (χ3n) is 3.41. The van der Waals surface area contributed by atoms with E-state index < -0.39 is 0 Å². The van der Waals surface area contributed by atoms with Crippen LogP contribution in [0.1, 0.15) is 60.3 Å². The maximum atomic E-state index is 12.4. The van der Waals surface area contributed by atoms with Crippen molar-refractivity contribution in [1.82, 2.24) is 0 Å². The van der Waals surface area contributed by atoms with Gasteiger partial charge in [-0.15, -0.1) is 11.3 Å². The van der Waals surface area contributed by atoms with Gasteiger partial charge in [0, 0.05) is 5.69 Å². The molecule has 1 N–H and O–H groups in total. The monoisotopic (exact) mass is 321 g/mol. The molecule has 0 fully saturated rings. The molecule has 2 aromatic rings. The van der Waals surface area contributed by atoms with E-state index in [4.69, 9.17) is 11.6 Å². The predicted octanol–water partition coefficient (Wildman–Crippen LogP) is 5.90. The molecule has 1 heterocycles. The van der Waals surface area contributed by atoms with Crippen molar-refractivity contribution in [3.63, 3.8) is 0 Å². The molecule has 1 aromatic heterocycles. The second kappa shape index (κ2) is 6.63. The van der Waals surface area contributed by atoms with E-state index in [1.165, 1.54) is 11.3 Å². The van der Waals surface area contributed by atoms with Crippen molar-refractivity contribution in [2.45, 2.75) is 39.5 Å². The molecule has 2 nitrogen and oxygen atoms in total. The van der Waals surface area contributed by atoms with Crippen LogP contribution in [-0.2, 0) is 0 Å². The van der Waals surface area contributed by atoms with Crippen LogP contribution in [0.4, 0.5) is 5.69 Å². The summed E-state index contributed by atoms with van der Waals surface area (Å²) in [7, 11) is 0. The van der Waals surface area contributed by atoms with Crippen molar-refractivity contribution in [2.75, 3.05) is 5.32 Å².